The van der Waals surface area contributed by atoms with Crippen LogP contribution in [0.3, 0.4) is 0 Å². The Bertz CT molecular complexity index is 1630. The smallest absolute Gasteiger partial charge is 0.187 e. The number of ether oxygens (including phenoxy) is 3. The number of anilines is 1. The van der Waals surface area contributed by atoms with E-state index in [9.17, 15) is 9.90 Å². The van der Waals surface area contributed by atoms with Gasteiger partial charge in [0.2, 0.25) is 0 Å². The molecule has 1 aromatic carbocycles. The molecule has 0 aliphatic carbocycles. The van der Waals surface area contributed by atoms with Crippen LogP contribution in [0.2, 0.25) is 0 Å². The maximum Gasteiger partial charge on any atom is 0.187 e. The molecule has 5 heterocycles. The first-order chi connectivity index (χ1) is 22.4. The summed E-state index contributed by atoms with van der Waals surface area (Å²) in [6, 6.07) is 14.8. The van der Waals surface area contributed by atoms with E-state index < -0.39 is 0 Å². The van der Waals surface area contributed by atoms with Gasteiger partial charge in [-0.3, -0.25) is 19.7 Å². The molecule has 0 amide bonds. The Kier molecular flexibility index (Phi) is 10.1. The van der Waals surface area contributed by atoms with Gasteiger partial charge in [0.15, 0.2) is 5.78 Å². The van der Waals surface area contributed by atoms with Gasteiger partial charge in [-0.05, 0) is 61.1 Å². The second kappa shape index (κ2) is 14.5. The second-order valence-electron chi connectivity index (χ2n) is 12.8. The molecule has 10 nitrogen and oxygen atoms in total. The molecular formula is C36H43N5O5. The van der Waals surface area contributed by atoms with Crippen LogP contribution < -0.4 is 14.4 Å². The number of fused-ring (bicyclic) bond motifs is 1. The van der Waals surface area contributed by atoms with Gasteiger partial charge in [0.25, 0.3) is 0 Å². The lowest BCUT2D eigenvalue weighted by atomic mass is 9.83. The minimum Gasteiger partial charge on any atom is -0.493 e. The zero-order valence-electron chi connectivity index (χ0n) is 26.8. The SMILES string of the molecule is CC1(C)CCN(c2cccc(C(=O)Cc3ccc(Oc4ccnc5cc(OCCCN6CCOCC6)c(CO)cc45)cn3)n2)CC1. The molecule has 1 N–H and O–H groups in total. The summed E-state index contributed by atoms with van der Waals surface area (Å²) < 4.78 is 17.7. The van der Waals surface area contributed by atoms with Crippen LogP contribution in [0.15, 0.2) is 60.9 Å². The fraction of sp³-hybridized carbons (Fsp3) is 0.444. The molecule has 3 aromatic heterocycles. The van der Waals surface area contributed by atoms with Gasteiger partial charge in [-0.2, -0.15) is 0 Å². The Morgan fingerprint density at radius 1 is 1.00 bits per heavy atom. The van der Waals surface area contributed by atoms with Crippen molar-refractivity contribution >= 4 is 22.5 Å². The summed E-state index contributed by atoms with van der Waals surface area (Å²) in [5.41, 5.74) is 2.82. The van der Waals surface area contributed by atoms with Gasteiger partial charge in [-0.15, -0.1) is 0 Å². The summed E-state index contributed by atoms with van der Waals surface area (Å²) in [6.45, 7) is 11.3. The van der Waals surface area contributed by atoms with Crippen LogP contribution in [-0.4, -0.2) is 83.3 Å². The monoisotopic (exact) mass is 625 g/mol. The Labute approximate surface area is 270 Å². The molecule has 0 saturated carbocycles. The molecule has 0 atom stereocenters. The third-order valence-corrected chi connectivity index (χ3v) is 8.86. The zero-order chi connectivity index (χ0) is 31.9. The number of piperidine rings is 1. The second-order valence-corrected chi connectivity index (χ2v) is 12.8. The summed E-state index contributed by atoms with van der Waals surface area (Å²) in [5, 5.41) is 10.9. The van der Waals surface area contributed by atoms with Gasteiger partial charge in [0, 0.05) is 61.6 Å². The molecule has 46 heavy (non-hydrogen) atoms. The lowest BCUT2D eigenvalue weighted by Crippen LogP contribution is -2.37. The Hall–Kier alpha value is -4.12. The van der Waals surface area contributed by atoms with E-state index >= 15 is 0 Å². The Morgan fingerprint density at radius 2 is 1.83 bits per heavy atom. The van der Waals surface area contributed by atoms with Crippen molar-refractivity contribution in [2.24, 2.45) is 5.41 Å². The Balaban J connectivity index is 1.07. The number of hydrogen-bond acceptors (Lipinski definition) is 10. The lowest BCUT2D eigenvalue weighted by Gasteiger charge is -2.37. The highest BCUT2D eigenvalue weighted by atomic mass is 16.5. The number of rotatable bonds is 12. The minimum absolute atomic E-state index is 0.0730. The molecule has 2 aliphatic rings. The predicted octanol–water partition coefficient (Wildman–Crippen LogP) is 5.46. The van der Waals surface area contributed by atoms with Crippen molar-refractivity contribution in [1.29, 1.82) is 0 Å². The van der Waals surface area contributed by atoms with Crippen LogP contribution in [-0.2, 0) is 17.8 Å². The van der Waals surface area contributed by atoms with E-state index in [1.807, 2.05) is 24.3 Å². The first-order valence-corrected chi connectivity index (χ1v) is 16.2. The number of pyridine rings is 3. The van der Waals surface area contributed by atoms with Crippen molar-refractivity contribution in [2.75, 3.05) is 57.4 Å². The van der Waals surface area contributed by atoms with Gasteiger partial charge in [-0.1, -0.05) is 19.9 Å². The average molecular weight is 626 g/mol. The standard InChI is InChI=1S/C36H43N5O5/c1-36(2)10-14-41(15-11-36)35-6-3-5-30(39-35)32(43)22-27-7-8-28(24-38-27)46-33-9-12-37-31-23-34(26(25-42)21-29(31)33)45-18-4-13-40-16-19-44-20-17-40/h3,5-9,12,21,23-24,42H,4,10-11,13-20,22,25H2,1-2H3. The molecule has 0 radical (unpaired) electrons. The molecule has 242 valence electrons. The van der Waals surface area contributed by atoms with Crippen LogP contribution in [0, 0.1) is 5.41 Å². The van der Waals surface area contributed by atoms with Crippen LogP contribution >= 0.6 is 0 Å². The fourth-order valence-corrected chi connectivity index (χ4v) is 5.89. The number of ketones is 1. The topological polar surface area (TPSA) is 110 Å². The lowest BCUT2D eigenvalue weighted by molar-refractivity contribution is 0.0357. The van der Waals surface area contributed by atoms with Crippen LogP contribution in [0.5, 0.6) is 17.2 Å². The fourth-order valence-electron chi connectivity index (χ4n) is 5.89. The van der Waals surface area contributed by atoms with E-state index in [0.717, 1.165) is 76.4 Å². The molecular weight excluding hydrogens is 582 g/mol. The zero-order valence-corrected chi connectivity index (χ0v) is 26.8. The summed E-state index contributed by atoms with van der Waals surface area (Å²) in [7, 11) is 0. The maximum atomic E-state index is 13.1. The van der Waals surface area contributed by atoms with Crippen molar-refractivity contribution in [3.05, 3.63) is 77.9 Å². The van der Waals surface area contributed by atoms with E-state index in [2.05, 4.69) is 38.6 Å². The van der Waals surface area contributed by atoms with Gasteiger partial charge >= 0.3 is 0 Å². The molecule has 6 rings (SSSR count). The highest BCUT2D eigenvalue weighted by Crippen LogP contribution is 2.34. The van der Waals surface area contributed by atoms with Crippen LogP contribution in [0.1, 0.15) is 54.9 Å². The molecule has 4 aromatic rings. The molecule has 10 heteroatoms. The van der Waals surface area contributed by atoms with E-state index in [0.29, 0.717) is 51.7 Å². The average Bonchev–Trinajstić information content (AvgIpc) is 3.08. The number of aliphatic hydroxyl groups is 1. The quantitative estimate of drug-likeness (QED) is 0.161. The van der Waals surface area contributed by atoms with Crippen LogP contribution in [0.4, 0.5) is 5.82 Å². The minimum atomic E-state index is -0.165. The highest BCUT2D eigenvalue weighted by Gasteiger charge is 2.26. The predicted molar refractivity (Wildman–Crippen MR) is 177 cm³/mol. The van der Waals surface area contributed by atoms with E-state index in [4.69, 9.17) is 14.2 Å². The maximum absolute atomic E-state index is 13.1. The van der Waals surface area contributed by atoms with Crippen molar-refractivity contribution in [3.63, 3.8) is 0 Å². The Morgan fingerprint density at radius 3 is 2.59 bits per heavy atom. The largest absolute Gasteiger partial charge is 0.493 e. The highest BCUT2D eigenvalue weighted by molar-refractivity contribution is 5.95. The van der Waals surface area contributed by atoms with Crippen molar-refractivity contribution in [1.82, 2.24) is 19.9 Å². The molecule has 2 saturated heterocycles. The number of hydrogen-bond donors (Lipinski definition) is 1. The third-order valence-electron chi connectivity index (χ3n) is 8.86. The van der Waals surface area contributed by atoms with E-state index in [1.165, 1.54) is 0 Å². The van der Waals surface area contributed by atoms with Crippen molar-refractivity contribution in [3.8, 4) is 17.2 Å². The summed E-state index contributed by atoms with van der Waals surface area (Å²) >= 11 is 0. The number of morpholine rings is 1. The molecule has 2 aliphatic heterocycles. The van der Waals surface area contributed by atoms with Gasteiger partial charge in [0.05, 0.1) is 44.6 Å². The first-order valence-electron chi connectivity index (χ1n) is 16.2. The number of aliphatic hydroxyl groups excluding tert-OH is 1. The number of carbonyl (C=O) groups is 1. The van der Waals surface area contributed by atoms with Gasteiger partial charge < -0.3 is 24.2 Å². The molecule has 0 unspecified atom stereocenters. The first kappa shape index (κ1) is 31.8. The molecule has 0 spiro atoms. The normalized spacial score (nSPS) is 16.8. The summed E-state index contributed by atoms with van der Waals surface area (Å²) in [6.07, 6.45) is 6.55. The number of Topliss-reactive ketones (excluding diaryl/α,β-unsaturated/α-hetero) is 1. The van der Waals surface area contributed by atoms with Gasteiger partial charge in [-0.25, -0.2) is 4.98 Å². The number of nitrogens with zero attached hydrogens (tertiary/aromatic N) is 5. The van der Waals surface area contributed by atoms with Crippen molar-refractivity contribution < 1.29 is 24.1 Å². The number of carbonyl (C=O) groups excluding carboxylic acids is 1. The van der Waals surface area contributed by atoms with Crippen molar-refractivity contribution in [2.45, 2.75) is 46.1 Å². The summed E-state index contributed by atoms with van der Waals surface area (Å²) in [4.78, 5) is 31.5. The molecule has 0 bridgehead atoms. The summed E-state index contributed by atoms with van der Waals surface area (Å²) in [5.74, 6) is 2.53. The number of benzene rings is 1. The van der Waals surface area contributed by atoms with E-state index in [-0.39, 0.29) is 18.8 Å². The third kappa shape index (κ3) is 7.99. The van der Waals surface area contributed by atoms with E-state index in [1.54, 1.807) is 36.7 Å². The number of aromatic nitrogens is 3. The van der Waals surface area contributed by atoms with Gasteiger partial charge in [0.1, 0.15) is 28.8 Å². The molecule has 2 fully saturated rings. The van der Waals surface area contributed by atoms with Crippen LogP contribution in [0.25, 0.3) is 10.9 Å².